The van der Waals surface area contributed by atoms with Crippen molar-refractivity contribution in [2.75, 3.05) is 5.32 Å². The third-order valence-corrected chi connectivity index (χ3v) is 4.73. The van der Waals surface area contributed by atoms with Crippen molar-refractivity contribution >= 4 is 51.0 Å². The predicted octanol–water partition coefficient (Wildman–Crippen LogP) is 5.72. The maximum atomic E-state index is 10.9. The lowest BCUT2D eigenvalue weighted by Crippen LogP contribution is -2.32. The first kappa shape index (κ1) is 16.4. The topological polar surface area (TPSA) is 58.6 Å². The van der Waals surface area contributed by atoms with E-state index in [0.717, 1.165) is 15.6 Å². The number of anilines is 1. The molecule has 4 nitrogen and oxygen atoms in total. The molecule has 23 heavy (non-hydrogen) atoms. The van der Waals surface area contributed by atoms with Gasteiger partial charge in [0, 0.05) is 38.1 Å². The van der Waals surface area contributed by atoms with Gasteiger partial charge in [0.15, 0.2) is 6.23 Å². The molecule has 0 aliphatic carbocycles. The van der Waals surface area contributed by atoms with Gasteiger partial charge in [-0.2, -0.15) is 0 Å². The van der Waals surface area contributed by atoms with E-state index >= 15 is 0 Å². The average Bonchev–Trinajstić information content (AvgIpc) is 2.45. The highest BCUT2D eigenvalue weighted by Gasteiger charge is 2.32. The SMILES string of the molecule is O=C(O)OC1CC(c2cccc(Br)c2)c2c(Cl)cc(Cl)cc2N1. The Morgan fingerprint density at radius 1 is 1.30 bits per heavy atom. The molecular formula is C16H12BrCl2NO3. The first-order chi connectivity index (χ1) is 10.9. The van der Waals surface area contributed by atoms with Crippen molar-refractivity contribution in [2.24, 2.45) is 0 Å². The summed E-state index contributed by atoms with van der Waals surface area (Å²) in [6.07, 6.45) is -1.55. The number of ether oxygens (including phenoxy) is 1. The summed E-state index contributed by atoms with van der Waals surface area (Å²) in [4.78, 5) is 10.9. The molecule has 120 valence electrons. The number of carboxylic acid groups (broad SMARTS) is 1. The molecule has 0 bridgehead atoms. The quantitative estimate of drug-likeness (QED) is 0.614. The first-order valence-electron chi connectivity index (χ1n) is 6.84. The van der Waals surface area contributed by atoms with Crippen LogP contribution >= 0.6 is 39.1 Å². The molecule has 2 unspecified atom stereocenters. The number of rotatable bonds is 2. The molecule has 3 rings (SSSR count). The van der Waals surface area contributed by atoms with Crippen molar-refractivity contribution in [3.8, 4) is 0 Å². The Labute approximate surface area is 151 Å². The van der Waals surface area contributed by atoms with Crippen molar-refractivity contribution in [2.45, 2.75) is 18.6 Å². The second kappa shape index (κ2) is 6.59. The molecule has 0 saturated heterocycles. The van der Waals surface area contributed by atoms with Crippen LogP contribution in [0, 0.1) is 0 Å². The zero-order chi connectivity index (χ0) is 16.6. The van der Waals surface area contributed by atoms with E-state index in [9.17, 15) is 4.79 Å². The first-order valence-corrected chi connectivity index (χ1v) is 8.39. The maximum absolute atomic E-state index is 10.9. The Bertz CT molecular complexity index is 769. The van der Waals surface area contributed by atoms with Crippen LogP contribution in [0.3, 0.4) is 0 Å². The summed E-state index contributed by atoms with van der Waals surface area (Å²) in [6.45, 7) is 0. The highest BCUT2D eigenvalue weighted by molar-refractivity contribution is 9.10. The zero-order valence-corrected chi connectivity index (χ0v) is 14.8. The molecule has 0 radical (unpaired) electrons. The van der Waals surface area contributed by atoms with Crippen molar-refractivity contribution in [3.63, 3.8) is 0 Å². The van der Waals surface area contributed by atoms with Gasteiger partial charge in [0.05, 0.1) is 0 Å². The second-order valence-corrected chi connectivity index (χ2v) is 6.97. The van der Waals surface area contributed by atoms with Crippen LogP contribution in [0.5, 0.6) is 0 Å². The normalized spacial score (nSPS) is 19.6. The lowest BCUT2D eigenvalue weighted by molar-refractivity contribution is 0.0562. The van der Waals surface area contributed by atoms with Crippen LogP contribution in [0.4, 0.5) is 10.5 Å². The standard InChI is InChI=1S/C16H12BrCl2NO3/c17-9-3-1-2-8(4-9)11-7-14(23-16(21)22)20-13-6-10(18)5-12(19)15(11)13/h1-6,11,14,20H,7H2,(H,21,22). The van der Waals surface area contributed by atoms with Crippen molar-refractivity contribution in [1.29, 1.82) is 0 Å². The van der Waals surface area contributed by atoms with Crippen LogP contribution < -0.4 is 5.32 Å². The summed E-state index contributed by atoms with van der Waals surface area (Å²) in [5.74, 6) is -0.0992. The molecule has 2 aromatic carbocycles. The molecule has 2 N–H and O–H groups in total. The number of halogens is 3. The van der Waals surface area contributed by atoms with Gasteiger partial charge in [-0.3, -0.25) is 0 Å². The number of hydrogen-bond acceptors (Lipinski definition) is 3. The summed E-state index contributed by atoms with van der Waals surface area (Å²) in [6, 6.07) is 11.2. The Morgan fingerprint density at radius 2 is 2.09 bits per heavy atom. The smallest absolute Gasteiger partial charge is 0.450 e. The maximum Gasteiger partial charge on any atom is 0.507 e. The molecule has 1 aliphatic rings. The summed E-state index contributed by atoms with van der Waals surface area (Å²) >= 11 is 15.9. The molecular weight excluding hydrogens is 405 g/mol. The Hall–Kier alpha value is -1.43. The number of carbonyl (C=O) groups is 1. The largest absolute Gasteiger partial charge is 0.507 e. The van der Waals surface area contributed by atoms with E-state index in [0.29, 0.717) is 22.2 Å². The van der Waals surface area contributed by atoms with E-state index in [-0.39, 0.29) is 5.92 Å². The molecule has 0 saturated carbocycles. The lowest BCUT2D eigenvalue weighted by Gasteiger charge is -2.33. The lowest BCUT2D eigenvalue weighted by atomic mass is 9.84. The fraction of sp³-hybridized carbons (Fsp3) is 0.188. The molecule has 0 aromatic heterocycles. The van der Waals surface area contributed by atoms with Crippen LogP contribution in [0.25, 0.3) is 0 Å². The molecule has 1 heterocycles. The molecule has 7 heteroatoms. The monoisotopic (exact) mass is 415 g/mol. The van der Waals surface area contributed by atoms with Gasteiger partial charge in [0.1, 0.15) is 0 Å². The number of benzene rings is 2. The zero-order valence-electron chi connectivity index (χ0n) is 11.7. The fourth-order valence-electron chi connectivity index (χ4n) is 2.85. The third-order valence-electron chi connectivity index (χ3n) is 3.70. The Balaban J connectivity index is 2.09. The molecule has 0 amide bonds. The van der Waals surface area contributed by atoms with Gasteiger partial charge < -0.3 is 15.2 Å². The summed E-state index contributed by atoms with van der Waals surface area (Å²) in [5.41, 5.74) is 2.59. The van der Waals surface area contributed by atoms with E-state index < -0.39 is 12.4 Å². The van der Waals surface area contributed by atoms with Gasteiger partial charge in [-0.25, -0.2) is 4.79 Å². The minimum Gasteiger partial charge on any atom is -0.450 e. The summed E-state index contributed by atoms with van der Waals surface area (Å²) in [7, 11) is 0. The second-order valence-electron chi connectivity index (χ2n) is 5.21. The number of fused-ring (bicyclic) bond motifs is 1. The highest BCUT2D eigenvalue weighted by atomic mass is 79.9. The average molecular weight is 417 g/mol. The Morgan fingerprint density at radius 3 is 2.78 bits per heavy atom. The number of nitrogens with one attached hydrogen (secondary N) is 1. The predicted molar refractivity (Wildman–Crippen MR) is 93.6 cm³/mol. The molecule has 1 aliphatic heterocycles. The van der Waals surface area contributed by atoms with E-state index in [4.69, 9.17) is 33.0 Å². The van der Waals surface area contributed by atoms with Crippen LogP contribution in [0.15, 0.2) is 40.9 Å². The van der Waals surface area contributed by atoms with Crippen LogP contribution in [-0.4, -0.2) is 17.5 Å². The van der Waals surface area contributed by atoms with Gasteiger partial charge in [-0.1, -0.05) is 51.3 Å². The Kier molecular flexibility index (Phi) is 4.71. The van der Waals surface area contributed by atoms with Gasteiger partial charge in [0.25, 0.3) is 0 Å². The minimum atomic E-state index is -1.33. The van der Waals surface area contributed by atoms with E-state index in [1.165, 1.54) is 0 Å². The van der Waals surface area contributed by atoms with E-state index in [1.807, 2.05) is 24.3 Å². The van der Waals surface area contributed by atoms with E-state index in [1.54, 1.807) is 12.1 Å². The highest BCUT2D eigenvalue weighted by Crippen LogP contribution is 2.44. The summed E-state index contributed by atoms with van der Waals surface area (Å²) < 4.78 is 5.86. The minimum absolute atomic E-state index is 0.0992. The number of hydrogen-bond donors (Lipinski definition) is 2. The van der Waals surface area contributed by atoms with Crippen LogP contribution in [0.2, 0.25) is 10.0 Å². The van der Waals surface area contributed by atoms with Gasteiger partial charge >= 0.3 is 6.16 Å². The van der Waals surface area contributed by atoms with Gasteiger partial charge in [0.2, 0.25) is 0 Å². The molecule has 2 atom stereocenters. The van der Waals surface area contributed by atoms with Crippen molar-refractivity contribution in [1.82, 2.24) is 0 Å². The fourth-order valence-corrected chi connectivity index (χ4v) is 3.89. The van der Waals surface area contributed by atoms with Crippen molar-refractivity contribution < 1.29 is 14.6 Å². The van der Waals surface area contributed by atoms with E-state index in [2.05, 4.69) is 21.2 Å². The van der Waals surface area contributed by atoms with Crippen molar-refractivity contribution in [3.05, 3.63) is 62.0 Å². The van der Waals surface area contributed by atoms with Gasteiger partial charge in [-0.05, 0) is 29.8 Å². The third kappa shape index (κ3) is 3.57. The summed E-state index contributed by atoms with van der Waals surface area (Å²) in [5, 5.41) is 13.0. The molecule has 0 fully saturated rings. The van der Waals surface area contributed by atoms with Crippen LogP contribution in [-0.2, 0) is 4.74 Å². The van der Waals surface area contributed by atoms with Crippen LogP contribution in [0.1, 0.15) is 23.5 Å². The molecule has 0 spiro atoms. The molecule has 2 aromatic rings. The van der Waals surface area contributed by atoms with Gasteiger partial charge in [-0.15, -0.1) is 0 Å².